The van der Waals surface area contributed by atoms with Gasteiger partial charge in [0.15, 0.2) is 0 Å². The van der Waals surface area contributed by atoms with Crippen LogP contribution >= 0.6 is 15.6 Å². The molecule has 0 aliphatic rings. The fraction of sp³-hybridized carbons (Fsp3) is 0.797. The maximum atomic E-state index is 13.1. The van der Waals surface area contributed by atoms with Gasteiger partial charge in [0, 0.05) is 38.9 Å². The first-order valence-corrected chi connectivity index (χ1v) is 42.1. The van der Waals surface area contributed by atoms with Crippen molar-refractivity contribution in [3.63, 3.8) is 0 Å². The molecule has 2 unspecified atom stereocenters. The molecule has 0 heterocycles. The highest BCUT2D eigenvalue weighted by molar-refractivity contribution is 7.47. The van der Waals surface area contributed by atoms with Gasteiger partial charge < -0.3 is 43.4 Å². The maximum Gasteiger partial charge on any atom is 0.472 e. The van der Waals surface area contributed by atoms with Crippen LogP contribution in [0, 0.1) is 0 Å². The molecule has 0 amide bonds. The lowest BCUT2D eigenvalue weighted by Gasteiger charge is -2.21. The van der Waals surface area contributed by atoms with Crippen molar-refractivity contribution in [3.8, 4) is 0 Å². The van der Waals surface area contributed by atoms with Crippen LogP contribution in [0.15, 0.2) is 72.9 Å². The summed E-state index contributed by atoms with van der Waals surface area (Å²) in [4.78, 5) is 68.2. The van der Waals surface area contributed by atoms with E-state index in [1.165, 1.54) is 70.6 Å². The minimum absolute atomic E-state index is 0.0702. The molecule has 98 heavy (non-hydrogen) atoms. The van der Waals surface area contributed by atoms with Gasteiger partial charge in [-0.05, 0) is 154 Å². The lowest BCUT2D eigenvalue weighted by molar-refractivity contribution is -0.155. The number of carbonyl (C=O) groups is 4. The Kier molecular flexibility index (Phi) is 72.6. The lowest BCUT2D eigenvalue weighted by Crippen LogP contribution is -2.29. The number of phosphoric acid groups is 2. The molecule has 570 valence electrons. The fourth-order valence-electron chi connectivity index (χ4n) is 10.7. The number of hydrogen-bond donors (Lipinski definition) is 3. The number of ether oxygens (including phenoxy) is 4. The largest absolute Gasteiger partial charge is 0.472 e. The Morgan fingerprint density at radius 3 is 0.857 bits per heavy atom. The van der Waals surface area contributed by atoms with E-state index in [0.717, 1.165) is 224 Å². The molecule has 0 aromatic rings. The lowest BCUT2D eigenvalue weighted by atomic mass is 10.1. The zero-order chi connectivity index (χ0) is 71.5. The summed E-state index contributed by atoms with van der Waals surface area (Å²) in [7, 11) is -9.72. The third-order valence-electron chi connectivity index (χ3n) is 16.6. The molecule has 0 fully saturated rings. The van der Waals surface area contributed by atoms with Crippen molar-refractivity contribution in [2.45, 2.75) is 353 Å². The first kappa shape index (κ1) is 94.8. The van der Waals surface area contributed by atoms with E-state index in [4.69, 9.17) is 37.0 Å². The van der Waals surface area contributed by atoms with Crippen LogP contribution in [-0.4, -0.2) is 111 Å². The van der Waals surface area contributed by atoms with E-state index in [9.17, 15) is 43.2 Å². The number of hydrogen-bond acceptors (Lipinski definition) is 15. The van der Waals surface area contributed by atoms with Crippen LogP contribution in [-0.2, 0) is 65.4 Å². The predicted octanol–water partition coefficient (Wildman–Crippen LogP) is 21.8. The van der Waals surface area contributed by atoms with Crippen molar-refractivity contribution in [1.82, 2.24) is 0 Å². The average Bonchev–Trinajstić information content (AvgIpc) is 1.66. The van der Waals surface area contributed by atoms with Crippen LogP contribution in [0.5, 0.6) is 0 Å². The summed E-state index contributed by atoms with van der Waals surface area (Å²) in [5.41, 5.74) is 0. The number of phosphoric ester groups is 2. The summed E-state index contributed by atoms with van der Waals surface area (Å²) in [6.45, 7) is 2.38. The monoisotopic (exact) mass is 1420 g/mol. The number of aliphatic hydroxyl groups is 1. The molecule has 5 atom stereocenters. The maximum absolute atomic E-state index is 13.1. The Morgan fingerprint density at radius 1 is 0.316 bits per heavy atom. The van der Waals surface area contributed by atoms with Crippen molar-refractivity contribution in [2.75, 3.05) is 52.9 Å². The van der Waals surface area contributed by atoms with Gasteiger partial charge >= 0.3 is 27.6 Å². The molecule has 17 nitrogen and oxygen atoms in total. The molecule has 3 N–H and O–H groups in total. The molecule has 0 aliphatic heterocycles. The predicted molar refractivity (Wildman–Crippen MR) is 400 cm³/mol. The Balaban J connectivity index is 5.22. The van der Waals surface area contributed by atoms with Crippen molar-refractivity contribution in [3.05, 3.63) is 72.9 Å². The van der Waals surface area contributed by atoms with Gasteiger partial charge in [0.2, 0.25) is 0 Å². The minimum atomic E-state index is -4.86. The standard InChI is InChI=1S/C79H142O17P2/c1-3-5-7-9-11-13-15-17-21-27-33-39-45-51-57-63-78(83)95-76(71-89-67-61-55-49-43-37-31-25-20-19-23-29-35-41-47-53-59-65-80)73-93-97(85,86)91-69-75(82)70-92-98(87,88)94-74-77(72-90-68-62-56-50-44-38-32-26-24-30-36-42-48-54-60-66-81)96-79(84)64-58-52-46-40-34-28-22-18-16-14-12-10-8-6-4-2/h11-14,17-19,21-24,26,65-66,75-77,82H,3-10,15-16,20,25,27-64,67-74H2,1-2H3,(H,85,86)(H,87,88)/b13-11-,14-12-,21-17-,22-18-,23-19-,26-24-/t75-,76-,77-/m1/s1. The number of rotatable bonds is 78. The summed E-state index contributed by atoms with van der Waals surface area (Å²) in [5, 5.41) is 10.6. The zero-order valence-corrected chi connectivity index (χ0v) is 63.6. The highest BCUT2D eigenvalue weighted by Crippen LogP contribution is 2.45. The van der Waals surface area contributed by atoms with E-state index < -0.39 is 72.3 Å². The zero-order valence-electron chi connectivity index (χ0n) is 61.8. The van der Waals surface area contributed by atoms with Crippen LogP contribution in [0.25, 0.3) is 0 Å². The van der Waals surface area contributed by atoms with Crippen molar-refractivity contribution in [1.29, 1.82) is 0 Å². The van der Waals surface area contributed by atoms with Crippen molar-refractivity contribution >= 4 is 40.2 Å². The second-order valence-electron chi connectivity index (χ2n) is 26.2. The van der Waals surface area contributed by atoms with Gasteiger partial charge in [0.1, 0.15) is 30.9 Å². The van der Waals surface area contributed by atoms with Gasteiger partial charge in [-0.25, -0.2) is 9.13 Å². The van der Waals surface area contributed by atoms with E-state index in [1.807, 2.05) is 0 Å². The second kappa shape index (κ2) is 75.0. The van der Waals surface area contributed by atoms with Crippen molar-refractivity contribution < 1.29 is 80.2 Å². The van der Waals surface area contributed by atoms with E-state index in [2.05, 4.69) is 86.8 Å². The van der Waals surface area contributed by atoms with E-state index >= 15 is 0 Å². The molecule has 19 heteroatoms. The van der Waals surface area contributed by atoms with Crippen LogP contribution in [0.3, 0.4) is 0 Å². The number of esters is 2. The quantitative estimate of drug-likeness (QED) is 0.0169. The number of aldehydes is 2. The molecule has 0 saturated heterocycles. The highest BCUT2D eigenvalue weighted by atomic mass is 31.2. The van der Waals surface area contributed by atoms with Gasteiger partial charge in [-0.3, -0.25) is 27.7 Å². The van der Waals surface area contributed by atoms with Gasteiger partial charge in [0.25, 0.3) is 0 Å². The molecular formula is C79H142O17P2. The summed E-state index contributed by atoms with van der Waals surface area (Å²) >= 11 is 0. The topological polar surface area (TPSA) is 237 Å². The second-order valence-corrected chi connectivity index (χ2v) is 29.1. The van der Waals surface area contributed by atoms with Gasteiger partial charge in [-0.1, -0.05) is 228 Å². The van der Waals surface area contributed by atoms with E-state index in [1.54, 1.807) is 0 Å². The van der Waals surface area contributed by atoms with Crippen LogP contribution in [0.1, 0.15) is 335 Å². The van der Waals surface area contributed by atoms with E-state index in [-0.39, 0.29) is 26.1 Å². The average molecular weight is 1430 g/mol. The SMILES string of the molecule is CCCCC/C=C\C/C=C\CCCCCCCC(=O)O[C@H](COCCCCCCC/C=C\CCCCCCC=O)COP(=O)(O)OC[C@H](O)COP(=O)(O)OC[C@@H](COCCCCCCCCC/C=C\CCCCCCC=O)OC(=O)CCCCCCC/C=C\C/C=C\CCCCC. The normalized spacial score (nSPS) is 14.4. The Hall–Kier alpha value is -3.18. The number of carbonyl (C=O) groups excluding carboxylic acids is 4. The molecule has 0 aromatic carbocycles. The smallest absolute Gasteiger partial charge is 0.457 e. The first-order chi connectivity index (χ1) is 47.9. The third-order valence-corrected chi connectivity index (χ3v) is 18.5. The molecule has 0 saturated carbocycles. The van der Waals surface area contributed by atoms with E-state index in [0.29, 0.717) is 38.9 Å². The van der Waals surface area contributed by atoms with Gasteiger partial charge in [-0.15, -0.1) is 0 Å². The Morgan fingerprint density at radius 2 is 0.561 bits per heavy atom. The highest BCUT2D eigenvalue weighted by Gasteiger charge is 2.30. The van der Waals surface area contributed by atoms with Crippen LogP contribution < -0.4 is 0 Å². The van der Waals surface area contributed by atoms with Gasteiger partial charge in [-0.2, -0.15) is 0 Å². The minimum Gasteiger partial charge on any atom is -0.457 e. The fourth-order valence-corrected chi connectivity index (χ4v) is 12.2. The van der Waals surface area contributed by atoms with Crippen LogP contribution in [0.2, 0.25) is 0 Å². The molecule has 0 bridgehead atoms. The summed E-state index contributed by atoms with van der Waals surface area (Å²) < 4.78 is 69.9. The molecule has 0 radical (unpaired) electrons. The third kappa shape index (κ3) is 74.0. The number of allylic oxidation sites excluding steroid dienone is 12. The Labute approximate surface area is 596 Å². The molecule has 0 aliphatic carbocycles. The molecule has 0 spiro atoms. The molecular weight excluding hydrogens is 1280 g/mol. The molecule has 0 aromatic heterocycles. The van der Waals surface area contributed by atoms with Crippen LogP contribution in [0.4, 0.5) is 0 Å². The summed E-state index contributed by atoms with van der Waals surface area (Å²) in [5.74, 6) is -0.955. The Bertz CT molecular complexity index is 2080. The first-order valence-electron chi connectivity index (χ1n) is 39.1. The summed E-state index contributed by atoms with van der Waals surface area (Å²) in [6.07, 6.45) is 75.5. The molecule has 0 rings (SSSR count). The number of aliphatic hydroxyl groups excluding tert-OH is 1. The van der Waals surface area contributed by atoms with Crippen molar-refractivity contribution in [2.24, 2.45) is 0 Å². The summed E-state index contributed by atoms with van der Waals surface area (Å²) in [6, 6.07) is 0. The van der Waals surface area contributed by atoms with Gasteiger partial charge in [0.05, 0.1) is 39.6 Å². The number of unbranched alkanes of at least 4 members (excludes halogenated alkanes) is 38.